The Morgan fingerprint density at radius 3 is 2.52 bits per heavy atom. The minimum absolute atomic E-state index is 0.388. The second-order valence-corrected chi connectivity index (χ2v) is 3.76. The van der Waals surface area contributed by atoms with E-state index in [1.807, 2.05) is 19.3 Å². The van der Waals surface area contributed by atoms with Gasteiger partial charge >= 0.3 is 12.0 Å². The third kappa shape index (κ3) is 6.00. The average molecular weight is 298 g/mol. The molecule has 3 N–H and O–H groups in total. The fourth-order valence-electron chi connectivity index (χ4n) is 1.46. The van der Waals surface area contributed by atoms with Gasteiger partial charge in [-0.1, -0.05) is 0 Å². The van der Waals surface area contributed by atoms with Crippen LogP contribution in [-0.4, -0.2) is 36.9 Å². The topological polar surface area (TPSA) is 106 Å². The Bertz CT molecular complexity index is 492. The third-order valence-corrected chi connectivity index (χ3v) is 2.17. The van der Waals surface area contributed by atoms with Crippen LogP contribution in [0.4, 0.5) is 10.5 Å². The number of benzene rings is 1. The van der Waals surface area contributed by atoms with Gasteiger partial charge in [0.05, 0.1) is 18.9 Å². The number of urea groups is 1. The molecule has 0 bridgehead atoms. The SMILES string of the molecule is CCOc1ccc(OCC)c(NC(=O)NOCC(=O)O)c1. The zero-order valence-electron chi connectivity index (χ0n) is 11.8. The summed E-state index contributed by atoms with van der Waals surface area (Å²) in [5, 5.41) is 10.9. The Kier molecular flexibility index (Phi) is 6.82. The van der Waals surface area contributed by atoms with Crippen LogP contribution in [0.2, 0.25) is 0 Å². The fourth-order valence-corrected chi connectivity index (χ4v) is 1.46. The van der Waals surface area contributed by atoms with Crippen molar-refractivity contribution in [3.8, 4) is 11.5 Å². The molecule has 0 fully saturated rings. The molecule has 8 heteroatoms. The summed E-state index contributed by atoms with van der Waals surface area (Å²) in [7, 11) is 0. The molecule has 0 spiro atoms. The van der Waals surface area contributed by atoms with Crippen LogP contribution in [-0.2, 0) is 9.63 Å². The maximum atomic E-state index is 11.6. The van der Waals surface area contributed by atoms with Gasteiger partial charge in [-0.05, 0) is 26.0 Å². The number of hydroxylamine groups is 1. The van der Waals surface area contributed by atoms with Crippen molar-refractivity contribution >= 4 is 17.7 Å². The van der Waals surface area contributed by atoms with E-state index in [1.165, 1.54) is 0 Å². The molecule has 21 heavy (non-hydrogen) atoms. The van der Waals surface area contributed by atoms with Crippen molar-refractivity contribution in [2.45, 2.75) is 13.8 Å². The Balaban J connectivity index is 2.71. The highest BCUT2D eigenvalue weighted by atomic mass is 16.7. The van der Waals surface area contributed by atoms with Crippen molar-refractivity contribution in [2.75, 3.05) is 25.1 Å². The highest BCUT2D eigenvalue weighted by molar-refractivity contribution is 5.90. The molecule has 116 valence electrons. The highest BCUT2D eigenvalue weighted by Crippen LogP contribution is 2.29. The average Bonchev–Trinajstić information content (AvgIpc) is 2.41. The smallest absolute Gasteiger partial charge is 0.343 e. The van der Waals surface area contributed by atoms with Gasteiger partial charge in [0, 0.05) is 6.07 Å². The molecule has 1 aromatic carbocycles. The van der Waals surface area contributed by atoms with Crippen LogP contribution >= 0.6 is 0 Å². The van der Waals surface area contributed by atoms with Gasteiger partial charge in [0.15, 0.2) is 6.61 Å². The lowest BCUT2D eigenvalue weighted by Gasteiger charge is -2.13. The van der Waals surface area contributed by atoms with Gasteiger partial charge in [-0.15, -0.1) is 0 Å². The van der Waals surface area contributed by atoms with Crippen LogP contribution < -0.4 is 20.3 Å². The first kappa shape index (κ1) is 16.6. The predicted octanol–water partition coefficient (Wildman–Crippen LogP) is 1.62. The second-order valence-electron chi connectivity index (χ2n) is 3.76. The van der Waals surface area contributed by atoms with Gasteiger partial charge in [0.25, 0.3) is 0 Å². The molecule has 0 aliphatic carbocycles. The van der Waals surface area contributed by atoms with Gasteiger partial charge in [0.2, 0.25) is 0 Å². The molecule has 0 radical (unpaired) electrons. The number of carbonyl (C=O) groups is 2. The first-order chi connectivity index (χ1) is 10.1. The van der Waals surface area contributed by atoms with E-state index in [1.54, 1.807) is 18.2 Å². The van der Waals surface area contributed by atoms with E-state index in [9.17, 15) is 9.59 Å². The lowest BCUT2D eigenvalue weighted by atomic mass is 10.2. The number of carboxylic acid groups (broad SMARTS) is 1. The van der Waals surface area contributed by atoms with Crippen LogP contribution in [0.1, 0.15) is 13.8 Å². The zero-order valence-corrected chi connectivity index (χ0v) is 11.8. The lowest BCUT2D eigenvalue weighted by Crippen LogP contribution is -2.31. The molecule has 0 saturated carbocycles. The summed E-state index contributed by atoms with van der Waals surface area (Å²) in [4.78, 5) is 26.3. The number of hydrogen-bond acceptors (Lipinski definition) is 5. The molecule has 1 aromatic rings. The molecule has 0 unspecified atom stereocenters. The number of hydrogen-bond donors (Lipinski definition) is 3. The molecule has 0 aliphatic heterocycles. The Hall–Kier alpha value is -2.48. The Labute approximate surface area is 121 Å². The minimum Gasteiger partial charge on any atom is -0.494 e. The summed E-state index contributed by atoms with van der Waals surface area (Å²) in [5.41, 5.74) is 2.34. The van der Waals surface area contributed by atoms with E-state index in [0.717, 1.165) is 0 Å². The number of anilines is 1. The van der Waals surface area contributed by atoms with Crippen molar-refractivity contribution in [1.82, 2.24) is 5.48 Å². The van der Waals surface area contributed by atoms with Gasteiger partial charge in [-0.25, -0.2) is 15.1 Å². The minimum atomic E-state index is -1.19. The molecule has 0 atom stereocenters. The quantitative estimate of drug-likeness (QED) is 0.630. The molecule has 2 amide bonds. The van der Waals surface area contributed by atoms with Crippen molar-refractivity contribution in [3.05, 3.63) is 18.2 Å². The molecule has 0 aliphatic rings. The molecule has 1 rings (SSSR count). The van der Waals surface area contributed by atoms with Gasteiger partial charge < -0.3 is 19.9 Å². The second kappa shape index (κ2) is 8.64. The largest absolute Gasteiger partial charge is 0.494 e. The van der Waals surface area contributed by atoms with Crippen LogP contribution in [0.5, 0.6) is 11.5 Å². The molecule has 0 heterocycles. The van der Waals surface area contributed by atoms with Gasteiger partial charge in [0.1, 0.15) is 11.5 Å². The third-order valence-electron chi connectivity index (χ3n) is 2.17. The molecular formula is C13H18N2O6. The van der Waals surface area contributed by atoms with Crippen LogP contribution in [0.25, 0.3) is 0 Å². The Morgan fingerprint density at radius 1 is 1.19 bits per heavy atom. The number of aliphatic carboxylic acids is 1. The molecule has 8 nitrogen and oxygen atoms in total. The standard InChI is InChI=1S/C13H18N2O6/c1-3-19-9-5-6-11(20-4-2)10(7-9)14-13(18)15-21-8-12(16)17/h5-7H,3-4,8H2,1-2H3,(H,16,17)(H2,14,15,18). The highest BCUT2D eigenvalue weighted by Gasteiger charge is 2.10. The summed E-state index contributed by atoms with van der Waals surface area (Å²) in [6.45, 7) is 3.94. The maximum absolute atomic E-state index is 11.6. The molecule has 0 saturated heterocycles. The van der Waals surface area contributed by atoms with E-state index in [2.05, 4.69) is 10.2 Å². The number of ether oxygens (including phenoxy) is 2. The first-order valence-corrected chi connectivity index (χ1v) is 6.37. The summed E-state index contributed by atoms with van der Waals surface area (Å²) < 4.78 is 10.7. The summed E-state index contributed by atoms with van der Waals surface area (Å²) in [5.74, 6) is -0.152. The molecule has 0 aromatic heterocycles. The van der Waals surface area contributed by atoms with E-state index < -0.39 is 18.6 Å². The predicted molar refractivity (Wildman–Crippen MR) is 74.5 cm³/mol. The van der Waals surface area contributed by atoms with Gasteiger partial charge in [-0.2, -0.15) is 0 Å². The van der Waals surface area contributed by atoms with E-state index in [4.69, 9.17) is 14.6 Å². The number of carbonyl (C=O) groups excluding carboxylic acids is 1. The van der Waals surface area contributed by atoms with Gasteiger partial charge in [-0.3, -0.25) is 4.84 Å². The normalized spacial score (nSPS) is 9.81. The number of rotatable bonds is 8. The zero-order chi connectivity index (χ0) is 15.7. The summed E-state index contributed by atoms with van der Waals surface area (Å²) in [6, 6.07) is 4.28. The van der Waals surface area contributed by atoms with Crippen molar-refractivity contribution in [1.29, 1.82) is 0 Å². The summed E-state index contributed by atoms with van der Waals surface area (Å²) in [6.07, 6.45) is 0. The van der Waals surface area contributed by atoms with Crippen molar-refractivity contribution in [2.24, 2.45) is 0 Å². The lowest BCUT2D eigenvalue weighted by molar-refractivity contribution is -0.143. The van der Waals surface area contributed by atoms with E-state index in [0.29, 0.717) is 30.4 Å². The Morgan fingerprint density at radius 2 is 1.90 bits per heavy atom. The number of carboxylic acids is 1. The van der Waals surface area contributed by atoms with E-state index in [-0.39, 0.29) is 0 Å². The first-order valence-electron chi connectivity index (χ1n) is 6.37. The molecular weight excluding hydrogens is 280 g/mol. The maximum Gasteiger partial charge on any atom is 0.343 e. The fraction of sp³-hybridized carbons (Fsp3) is 0.385. The van der Waals surface area contributed by atoms with Crippen molar-refractivity contribution in [3.63, 3.8) is 0 Å². The van der Waals surface area contributed by atoms with Crippen LogP contribution in [0.3, 0.4) is 0 Å². The van der Waals surface area contributed by atoms with E-state index >= 15 is 0 Å². The van der Waals surface area contributed by atoms with Crippen LogP contribution in [0.15, 0.2) is 18.2 Å². The number of amides is 2. The summed E-state index contributed by atoms with van der Waals surface area (Å²) >= 11 is 0. The monoisotopic (exact) mass is 298 g/mol. The number of nitrogens with one attached hydrogen (secondary N) is 2. The van der Waals surface area contributed by atoms with Crippen molar-refractivity contribution < 1.29 is 29.0 Å². The van der Waals surface area contributed by atoms with Crippen LogP contribution in [0, 0.1) is 0 Å².